The number of sulfonamides is 1. The van der Waals surface area contributed by atoms with Gasteiger partial charge in [0.2, 0.25) is 10.0 Å². The topological polar surface area (TPSA) is 78.3 Å². The minimum atomic E-state index is -3.65. The molecule has 7 nitrogen and oxygen atoms in total. The van der Waals surface area contributed by atoms with Gasteiger partial charge in [-0.3, -0.25) is 0 Å². The lowest BCUT2D eigenvalue weighted by Crippen LogP contribution is -3.12. The molecular formula is C20H25N2O5S+. The Bertz CT molecular complexity index is 926. The van der Waals surface area contributed by atoms with Gasteiger partial charge in [0.25, 0.3) is 0 Å². The van der Waals surface area contributed by atoms with Crippen molar-refractivity contribution in [3.8, 4) is 11.5 Å². The smallest absolute Gasteiger partial charge is 0.241 e. The number of quaternary nitrogens is 1. The highest BCUT2D eigenvalue weighted by molar-refractivity contribution is 7.89. The molecule has 0 saturated carbocycles. The largest absolute Gasteiger partial charge is 0.486 e. The number of hydrogen-bond donors (Lipinski definition) is 2. The zero-order valence-electron chi connectivity index (χ0n) is 15.6. The maximum absolute atomic E-state index is 12.8. The second kappa shape index (κ2) is 8.48. The van der Waals surface area contributed by atoms with Crippen LogP contribution in [-0.2, 0) is 27.8 Å². The van der Waals surface area contributed by atoms with Crippen LogP contribution in [0.25, 0.3) is 0 Å². The average molecular weight is 405 g/mol. The highest BCUT2D eigenvalue weighted by Crippen LogP contribution is 2.32. The molecule has 1 saturated heterocycles. The fourth-order valence-electron chi connectivity index (χ4n) is 3.46. The van der Waals surface area contributed by atoms with Crippen molar-refractivity contribution in [1.82, 2.24) is 4.72 Å². The Labute approximate surface area is 165 Å². The summed E-state index contributed by atoms with van der Waals surface area (Å²) < 4.78 is 44.6. The maximum atomic E-state index is 12.8. The molecule has 0 bridgehead atoms. The van der Waals surface area contributed by atoms with Crippen LogP contribution in [0.5, 0.6) is 11.5 Å². The number of rotatable bonds is 6. The van der Waals surface area contributed by atoms with E-state index in [0.29, 0.717) is 24.7 Å². The van der Waals surface area contributed by atoms with Gasteiger partial charge in [-0.25, -0.2) is 13.1 Å². The first kappa shape index (κ1) is 19.2. The summed E-state index contributed by atoms with van der Waals surface area (Å²) in [6.45, 7) is 5.49. The molecule has 4 rings (SSSR count). The summed E-state index contributed by atoms with van der Waals surface area (Å²) in [5, 5.41) is 0. The second-order valence-electron chi connectivity index (χ2n) is 6.94. The van der Waals surface area contributed by atoms with Crippen LogP contribution in [-0.4, -0.2) is 47.9 Å². The summed E-state index contributed by atoms with van der Waals surface area (Å²) in [6.07, 6.45) is 0. The van der Waals surface area contributed by atoms with E-state index in [2.05, 4.69) is 10.8 Å². The third-order valence-electron chi connectivity index (χ3n) is 5.04. The third-order valence-corrected chi connectivity index (χ3v) is 6.43. The maximum Gasteiger partial charge on any atom is 0.241 e. The van der Waals surface area contributed by atoms with E-state index in [-0.39, 0.29) is 11.4 Å². The molecular weight excluding hydrogens is 380 g/mol. The van der Waals surface area contributed by atoms with Gasteiger partial charge >= 0.3 is 0 Å². The lowest BCUT2D eigenvalue weighted by Gasteiger charge is -2.24. The molecule has 2 aliphatic rings. The van der Waals surface area contributed by atoms with Crippen LogP contribution >= 0.6 is 0 Å². The van der Waals surface area contributed by atoms with Crippen molar-refractivity contribution < 1.29 is 27.5 Å². The van der Waals surface area contributed by atoms with E-state index in [4.69, 9.17) is 14.2 Å². The number of hydrogen-bond acceptors (Lipinski definition) is 5. The van der Waals surface area contributed by atoms with Crippen molar-refractivity contribution in [2.45, 2.75) is 18.0 Å². The molecule has 150 valence electrons. The fraction of sp³-hybridized carbons (Fsp3) is 0.400. The Morgan fingerprint density at radius 2 is 1.61 bits per heavy atom. The van der Waals surface area contributed by atoms with Crippen LogP contribution in [0.1, 0.15) is 11.1 Å². The van der Waals surface area contributed by atoms with Gasteiger partial charge in [0.05, 0.1) is 18.1 Å². The highest BCUT2D eigenvalue weighted by Gasteiger charge is 2.20. The monoisotopic (exact) mass is 405 g/mol. The van der Waals surface area contributed by atoms with Crippen LogP contribution < -0.4 is 19.1 Å². The van der Waals surface area contributed by atoms with Crippen LogP contribution in [0, 0.1) is 0 Å². The van der Waals surface area contributed by atoms with Gasteiger partial charge in [-0.1, -0.05) is 24.3 Å². The Morgan fingerprint density at radius 3 is 2.39 bits per heavy atom. The van der Waals surface area contributed by atoms with Crippen molar-refractivity contribution in [2.24, 2.45) is 0 Å². The zero-order valence-corrected chi connectivity index (χ0v) is 16.5. The number of fused-ring (bicyclic) bond motifs is 1. The average Bonchev–Trinajstić information content (AvgIpc) is 2.73. The van der Waals surface area contributed by atoms with Crippen molar-refractivity contribution in [3.05, 3.63) is 53.6 Å². The first-order valence-electron chi connectivity index (χ1n) is 9.49. The van der Waals surface area contributed by atoms with E-state index in [1.165, 1.54) is 11.0 Å². The van der Waals surface area contributed by atoms with Gasteiger partial charge in [-0.15, -0.1) is 0 Å². The number of benzene rings is 2. The standard InChI is InChI=1S/C20H24N2O5S/c23-28(24,18-5-6-19-20(13-18)27-12-11-26-19)21-14-16-3-1-2-4-17(16)15-22-7-9-25-10-8-22/h1-6,13,21H,7-12,14-15H2/p+1. The fourth-order valence-corrected chi connectivity index (χ4v) is 4.48. The van der Waals surface area contributed by atoms with E-state index in [9.17, 15) is 8.42 Å². The normalized spacial score (nSPS) is 17.4. The third kappa shape index (κ3) is 4.47. The lowest BCUT2D eigenvalue weighted by atomic mass is 10.1. The summed E-state index contributed by atoms with van der Waals surface area (Å²) in [7, 11) is -3.65. The summed E-state index contributed by atoms with van der Waals surface area (Å²) in [6, 6.07) is 12.7. The van der Waals surface area contributed by atoms with Gasteiger partial charge in [-0.2, -0.15) is 0 Å². The zero-order chi connectivity index (χ0) is 19.4. The van der Waals surface area contributed by atoms with Crippen molar-refractivity contribution in [3.63, 3.8) is 0 Å². The number of ether oxygens (including phenoxy) is 3. The molecule has 2 aliphatic heterocycles. The molecule has 2 heterocycles. The molecule has 2 aromatic rings. The van der Waals surface area contributed by atoms with Gasteiger partial charge in [-0.05, 0) is 17.7 Å². The first-order chi connectivity index (χ1) is 13.6. The summed E-state index contributed by atoms with van der Waals surface area (Å²) in [4.78, 5) is 1.63. The molecule has 0 aliphatic carbocycles. The van der Waals surface area contributed by atoms with Crippen molar-refractivity contribution in [2.75, 3.05) is 39.5 Å². The molecule has 2 aromatic carbocycles. The number of nitrogens with one attached hydrogen (secondary N) is 2. The van der Waals surface area contributed by atoms with Crippen LogP contribution in [0.3, 0.4) is 0 Å². The Balaban J connectivity index is 1.46. The predicted octanol–water partition coefficient (Wildman–Crippen LogP) is 0.351. The van der Waals surface area contributed by atoms with Crippen molar-refractivity contribution in [1.29, 1.82) is 0 Å². The van der Waals surface area contributed by atoms with Crippen LogP contribution in [0.4, 0.5) is 0 Å². The Hall–Kier alpha value is -2.13. The quantitative estimate of drug-likeness (QED) is 0.725. The van der Waals surface area contributed by atoms with E-state index < -0.39 is 10.0 Å². The van der Waals surface area contributed by atoms with Gasteiger partial charge in [0, 0.05) is 18.2 Å². The van der Waals surface area contributed by atoms with Gasteiger partial charge in [0.1, 0.15) is 32.8 Å². The minimum Gasteiger partial charge on any atom is -0.486 e. The molecule has 0 spiro atoms. The molecule has 0 unspecified atom stereocenters. The molecule has 28 heavy (non-hydrogen) atoms. The second-order valence-corrected chi connectivity index (χ2v) is 8.70. The Kier molecular flexibility index (Phi) is 5.82. The van der Waals surface area contributed by atoms with Gasteiger partial charge < -0.3 is 19.1 Å². The minimum absolute atomic E-state index is 0.174. The highest BCUT2D eigenvalue weighted by atomic mass is 32.2. The molecule has 0 radical (unpaired) electrons. The molecule has 8 heteroatoms. The van der Waals surface area contributed by atoms with Gasteiger partial charge in [0.15, 0.2) is 11.5 Å². The molecule has 2 N–H and O–H groups in total. The van der Waals surface area contributed by atoms with Crippen LogP contribution in [0.15, 0.2) is 47.4 Å². The molecule has 0 amide bonds. The molecule has 1 fully saturated rings. The molecule has 0 atom stereocenters. The predicted molar refractivity (Wildman–Crippen MR) is 103 cm³/mol. The molecule has 0 aromatic heterocycles. The Morgan fingerprint density at radius 1 is 0.893 bits per heavy atom. The summed E-state index contributed by atoms with van der Waals surface area (Å²) in [5.41, 5.74) is 2.15. The van der Waals surface area contributed by atoms with E-state index in [0.717, 1.165) is 44.0 Å². The van der Waals surface area contributed by atoms with Crippen LogP contribution in [0.2, 0.25) is 0 Å². The van der Waals surface area contributed by atoms with E-state index in [1.807, 2.05) is 18.2 Å². The van der Waals surface area contributed by atoms with E-state index >= 15 is 0 Å². The van der Waals surface area contributed by atoms with Crippen molar-refractivity contribution >= 4 is 10.0 Å². The first-order valence-corrected chi connectivity index (χ1v) is 11.0. The number of morpholine rings is 1. The lowest BCUT2D eigenvalue weighted by molar-refractivity contribution is -0.921. The SMILES string of the molecule is O=S(=O)(NCc1ccccc1C[NH+]1CCOCC1)c1ccc2c(c1)OCCO2. The van der Waals surface area contributed by atoms with E-state index in [1.54, 1.807) is 12.1 Å². The summed E-state index contributed by atoms with van der Waals surface area (Å²) in [5.74, 6) is 1.04. The summed E-state index contributed by atoms with van der Waals surface area (Å²) >= 11 is 0.